The number of hydrogen-bond acceptors (Lipinski definition) is 5. The Kier molecular flexibility index (Phi) is 5.81. The quantitative estimate of drug-likeness (QED) is 0.696. The Hall–Kier alpha value is -2.39. The summed E-state index contributed by atoms with van der Waals surface area (Å²) < 4.78 is 31.9. The maximum Gasteiger partial charge on any atom is 0.269 e. The molecular formula is C18H24N4O4S. The maximum atomic E-state index is 12.4. The monoisotopic (exact) mass is 392 g/mol. The van der Waals surface area contributed by atoms with E-state index in [2.05, 4.69) is 20.2 Å². The van der Waals surface area contributed by atoms with Gasteiger partial charge in [0.15, 0.2) is 0 Å². The summed E-state index contributed by atoms with van der Waals surface area (Å²) >= 11 is 0. The Morgan fingerprint density at radius 3 is 2.63 bits per heavy atom. The van der Waals surface area contributed by atoms with Crippen molar-refractivity contribution < 1.29 is 17.9 Å². The summed E-state index contributed by atoms with van der Waals surface area (Å²) in [6.07, 6.45) is 5.48. The minimum Gasteiger partial charge on any atom is -0.495 e. The molecule has 0 bridgehead atoms. The molecule has 1 aromatic heterocycles. The Labute approximate surface area is 158 Å². The summed E-state index contributed by atoms with van der Waals surface area (Å²) in [6.45, 7) is 0. The number of nitrogens with zero attached hydrogens (tertiary/aromatic N) is 1. The van der Waals surface area contributed by atoms with E-state index in [0.29, 0.717) is 17.0 Å². The molecule has 146 valence electrons. The Morgan fingerprint density at radius 2 is 1.96 bits per heavy atom. The minimum atomic E-state index is -3.69. The number of aromatic amines is 1. The van der Waals surface area contributed by atoms with Gasteiger partial charge < -0.3 is 10.1 Å². The maximum absolute atomic E-state index is 12.4. The fraction of sp³-hybridized carbons (Fsp3) is 0.444. The van der Waals surface area contributed by atoms with E-state index in [4.69, 9.17) is 4.74 Å². The number of hydrogen-bond donors (Lipinski definition) is 3. The molecule has 2 aromatic rings. The van der Waals surface area contributed by atoms with Crippen molar-refractivity contribution >= 4 is 15.9 Å². The highest BCUT2D eigenvalue weighted by molar-refractivity contribution is 7.89. The Balaban J connectivity index is 1.83. The third kappa shape index (κ3) is 4.30. The van der Waals surface area contributed by atoms with Crippen molar-refractivity contribution in [2.24, 2.45) is 0 Å². The summed E-state index contributed by atoms with van der Waals surface area (Å²) in [6, 6.07) is 6.56. The second-order valence-electron chi connectivity index (χ2n) is 6.55. The molecule has 3 rings (SSSR count). The third-order valence-corrected chi connectivity index (χ3v) is 6.22. The average molecular weight is 392 g/mol. The standard InChI is InChI=1S/C18H24N4O4S/c1-19-27(24,25)17-10-12(8-9-16(17)26-2)14-11-15(22-21-14)18(23)20-13-6-4-3-5-7-13/h8-11,13,19H,3-7H2,1-2H3,(H,20,23)(H,21,22). The molecule has 1 aliphatic carbocycles. The van der Waals surface area contributed by atoms with E-state index in [1.165, 1.54) is 26.6 Å². The Morgan fingerprint density at radius 1 is 1.22 bits per heavy atom. The predicted molar refractivity (Wildman–Crippen MR) is 101 cm³/mol. The SMILES string of the molecule is CNS(=O)(=O)c1cc(-c2cc(C(=O)NC3CCCCC3)[nH]n2)ccc1OC. The number of methoxy groups -OCH3 is 1. The molecule has 0 saturated heterocycles. The molecule has 1 saturated carbocycles. The van der Waals surface area contributed by atoms with Crippen molar-refractivity contribution in [1.29, 1.82) is 0 Å². The van der Waals surface area contributed by atoms with Crippen LogP contribution in [0.3, 0.4) is 0 Å². The molecule has 1 amide bonds. The molecule has 0 unspecified atom stereocenters. The fourth-order valence-electron chi connectivity index (χ4n) is 3.25. The summed E-state index contributed by atoms with van der Waals surface area (Å²) in [4.78, 5) is 12.4. The number of amides is 1. The van der Waals surface area contributed by atoms with Crippen LogP contribution in [0.4, 0.5) is 0 Å². The van der Waals surface area contributed by atoms with Crippen molar-refractivity contribution in [3.8, 4) is 17.0 Å². The van der Waals surface area contributed by atoms with Crippen molar-refractivity contribution in [3.63, 3.8) is 0 Å². The predicted octanol–water partition coefficient (Wildman–Crippen LogP) is 2.06. The number of carbonyl (C=O) groups excluding carboxylic acids is 1. The zero-order valence-corrected chi connectivity index (χ0v) is 16.2. The highest BCUT2D eigenvalue weighted by atomic mass is 32.2. The first-order valence-electron chi connectivity index (χ1n) is 8.93. The van der Waals surface area contributed by atoms with Crippen LogP contribution < -0.4 is 14.8 Å². The van der Waals surface area contributed by atoms with Crippen LogP contribution in [0.2, 0.25) is 0 Å². The normalized spacial score (nSPS) is 15.5. The summed E-state index contributed by atoms with van der Waals surface area (Å²) in [7, 11) is -0.947. The highest BCUT2D eigenvalue weighted by Gasteiger charge is 2.21. The van der Waals surface area contributed by atoms with Crippen molar-refractivity contribution in [3.05, 3.63) is 30.0 Å². The first kappa shape index (κ1) is 19.4. The van der Waals surface area contributed by atoms with Gasteiger partial charge in [-0.15, -0.1) is 0 Å². The number of H-pyrrole nitrogens is 1. The molecule has 1 aliphatic rings. The summed E-state index contributed by atoms with van der Waals surface area (Å²) in [5.41, 5.74) is 1.40. The second kappa shape index (κ2) is 8.10. The van der Waals surface area contributed by atoms with E-state index in [1.54, 1.807) is 18.2 Å². The van der Waals surface area contributed by atoms with Gasteiger partial charge in [0.05, 0.1) is 12.8 Å². The van der Waals surface area contributed by atoms with E-state index in [1.807, 2.05) is 0 Å². The zero-order chi connectivity index (χ0) is 19.4. The van der Waals surface area contributed by atoms with E-state index in [-0.39, 0.29) is 22.6 Å². The number of rotatable bonds is 6. The molecule has 3 N–H and O–H groups in total. The van der Waals surface area contributed by atoms with Gasteiger partial charge in [0.2, 0.25) is 10.0 Å². The molecule has 0 atom stereocenters. The number of aromatic nitrogens is 2. The lowest BCUT2D eigenvalue weighted by molar-refractivity contribution is 0.0922. The topological polar surface area (TPSA) is 113 Å². The molecular weight excluding hydrogens is 368 g/mol. The molecule has 1 fully saturated rings. The van der Waals surface area contributed by atoms with E-state index in [0.717, 1.165) is 25.7 Å². The van der Waals surface area contributed by atoms with Crippen LogP contribution >= 0.6 is 0 Å². The number of carbonyl (C=O) groups is 1. The lowest BCUT2D eigenvalue weighted by Gasteiger charge is -2.22. The van der Waals surface area contributed by atoms with Crippen LogP contribution in [0.5, 0.6) is 5.75 Å². The van der Waals surface area contributed by atoms with Gasteiger partial charge in [-0.1, -0.05) is 19.3 Å². The minimum absolute atomic E-state index is 0.0150. The van der Waals surface area contributed by atoms with Crippen LogP contribution in [-0.2, 0) is 10.0 Å². The molecule has 1 aromatic carbocycles. The molecule has 27 heavy (non-hydrogen) atoms. The van der Waals surface area contributed by atoms with Gasteiger partial charge in [-0.25, -0.2) is 13.1 Å². The molecule has 8 nitrogen and oxygen atoms in total. The van der Waals surface area contributed by atoms with E-state index >= 15 is 0 Å². The first-order valence-corrected chi connectivity index (χ1v) is 10.4. The zero-order valence-electron chi connectivity index (χ0n) is 15.4. The molecule has 9 heteroatoms. The number of nitrogens with one attached hydrogen (secondary N) is 3. The van der Waals surface area contributed by atoms with Gasteiger partial charge in [0, 0.05) is 11.6 Å². The highest BCUT2D eigenvalue weighted by Crippen LogP contribution is 2.29. The average Bonchev–Trinajstić information content (AvgIpc) is 3.18. The van der Waals surface area contributed by atoms with Gasteiger partial charge in [-0.05, 0) is 44.2 Å². The van der Waals surface area contributed by atoms with E-state index in [9.17, 15) is 13.2 Å². The van der Waals surface area contributed by atoms with Crippen molar-refractivity contribution in [2.45, 2.75) is 43.0 Å². The van der Waals surface area contributed by atoms with Gasteiger partial charge in [0.1, 0.15) is 16.3 Å². The summed E-state index contributed by atoms with van der Waals surface area (Å²) in [5.74, 6) is 0.0381. The smallest absolute Gasteiger partial charge is 0.269 e. The van der Waals surface area contributed by atoms with Gasteiger partial charge in [-0.3, -0.25) is 9.89 Å². The van der Waals surface area contributed by atoms with Crippen LogP contribution in [-0.4, -0.2) is 44.7 Å². The second-order valence-corrected chi connectivity index (χ2v) is 8.40. The number of sulfonamides is 1. The van der Waals surface area contributed by atoms with Crippen LogP contribution in [0.15, 0.2) is 29.2 Å². The van der Waals surface area contributed by atoms with Crippen LogP contribution in [0.1, 0.15) is 42.6 Å². The van der Waals surface area contributed by atoms with Gasteiger partial charge >= 0.3 is 0 Å². The van der Waals surface area contributed by atoms with Crippen molar-refractivity contribution in [1.82, 2.24) is 20.2 Å². The Bertz CT molecular complexity index is 917. The van der Waals surface area contributed by atoms with E-state index < -0.39 is 10.0 Å². The molecule has 0 radical (unpaired) electrons. The molecule has 1 heterocycles. The first-order chi connectivity index (χ1) is 12.9. The third-order valence-electron chi connectivity index (χ3n) is 4.78. The van der Waals surface area contributed by atoms with Crippen molar-refractivity contribution in [2.75, 3.05) is 14.2 Å². The molecule has 0 spiro atoms. The lowest BCUT2D eigenvalue weighted by Crippen LogP contribution is -2.36. The van der Waals surface area contributed by atoms with Crippen LogP contribution in [0.25, 0.3) is 11.3 Å². The number of benzene rings is 1. The largest absolute Gasteiger partial charge is 0.495 e. The van der Waals surface area contributed by atoms with Crippen LogP contribution in [0, 0.1) is 0 Å². The molecule has 0 aliphatic heterocycles. The fourth-order valence-corrected chi connectivity index (χ4v) is 4.17. The lowest BCUT2D eigenvalue weighted by atomic mass is 9.95. The number of ether oxygens (including phenoxy) is 1. The van der Waals surface area contributed by atoms with Gasteiger partial charge in [0.25, 0.3) is 5.91 Å². The summed E-state index contributed by atoms with van der Waals surface area (Å²) in [5, 5.41) is 9.93. The van der Waals surface area contributed by atoms with Gasteiger partial charge in [-0.2, -0.15) is 5.10 Å².